The molecule has 0 spiro atoms. The Labute approximate surface area is 157 Å². The number of hydrogen-bond donors (Lipinski definition) is 2. The highest BCUT2D eigenvalue weighted by Gasteiger charge is 2.32. The molecular weight excluding hydrogens is 346 g/mol. The molecule has 0 saturated carbocycles. The summed E-state index contributed by atoms with van der Waals surface area (Å²) in [5.41, 5.74) is 0.983. The Morgan fingerprint density at radius 3 is 2.52 bits per heavy atom. The van der Waals surface area contributed by atoms with Crippen LogP contribution in [-0.2, 0) is 7.05 Å². The van der Waals surface area contributed by atoms with Crippen LogP contribution in [0.25, 0.3) is 0 Å². The molecule has 0 unspecified atom stereocenters. The normalized spacial score (nSPS) is 19.6. The molecule has 1 aliphatic rings. The van der Waals surface area contributed by atoms with Gasteiger partial charge in [0.2, 0.25) is 0 Å². The van der Waals surface area contributed by atoms with Crippen molar-refractivity contribution < 1.29 is 14.7 Å². The maximum Gasteiger partial charge on any atom is 0.263 e. The van der Waals surface area contributed by atoms with Crippen LogP contribution >= 0.6 is 0 Å². The number of carbonyl (C=O) groups is 2. The lowest BCUT2D eigenvalue weighted by Gasteiger charge is -2.36. The van der Waals surface area contributed by atoms with Crippen LogP contribution in [0.15, 0.2) is 47.3 Å². The highest BCUT2D eigenvalue weighted by atomic mass is 16.3. The van der Waals surface area contributed by atoms with Gasteiger partial charge >= 0.3 is 0 Å². The molecule has 0 radical (unpaired) electrons. The number of aliphatic hydroxyl groups is 1. The fourth-order valence-electron chi connectivity index (χ4n) is 3.19. The van der Waals surface area contributed by atoms with Gasteiger partial charge in [0.05, 0.1) is 12.1 Å². The number of aryl methyl sites for hydroxylation is 1. The average molecular weight is 369 g/mol. The van der Waals surface area contributed by atoms with Gasteiger partial charge in [-0.2, -0.15) is 0 Å². The Hall–Kier alpha value is -2.93. The Morgan fingerprint density at radius 2 is 1.85 bits per heavy atom. The maximum atomic E-state index is 12.5. The Bertz CT molecular complexity index is 907. The third-order valence-corrected chi connectivity index (χ3v) is 5.01. The summed E-state index contributed by atoms with van der Waals surface area (Å²) in [6, 6.07) is 11.6. The molecule has 1 saturated heterocycles. The summed E-state index contributed by atoms with van der Waals surface area (Å²) in [6.07, 6.45) is -0.484. The van der Waals surface area contributed by atoms with Crippen molar-refractivity contribution in [2.75, 3.05) is 13.1 Å². The third kappa shape index (κ3) is 3.93. The van der Waals surface area contributed by atoms with Crippen molar-refractivity contribution in [3.8, 4) is 0 Å². The van der Waals surface area contributed by atoms with E-state index in [4.69, 9.17) is 0 Å². The minimum absolute atomic E-state index is 0.0399. The van der Waals surface area contributed by atoms with Crippen LogP contribution in [-0.4, -0.2) is 51.6 Å². The van der Waals surface area contributed by atoms with Crippen molar-refractivity contribution in [1.82, 2.24) is 14.8 Å². The molecular formula is C20H23N3O4. The summed E-state index contributed by atoms with van der Waals surface area (Å²) in [7, 11) is 1.61. The minimum Gasteiger partial charge on any atom is -0.389 e. The number of amides is 2. The molecule has 1 aromatic heterocycles. The molecule has 1 aliphatic heterocycles. The zero-order valence-corrected chi connectivity index (χ0v) is 15.4. The van der Waals surface area contributed by atoms with Crippen LogP contribution < -0.4 is 10.9 Å². The number of benzene rings is 1. The Morgan fingerprint density at radius 1 is 1.15 bits per heavy atom. The first-order chi connectivity index (χ1) is 12.9. The first-order valence-corrected chi connectivity index (χ1v) is 8.88. The van der Waals surface area contributed by atoms with Crippen LogP contribution in [0.5, 0.6) is 0 Å². The first kappa shape index (κ1) is 18.8. The highest BCUT2D eigenvalue weighted by molar-refractivity contribution is 5.95. The van der Waals surface area contributed by atoms with Gasteiger partial charge in [0.1, 0.15) is 5.56 Å². The number of nitrogens with one attached hydrogen (secondary N) is 1. The van der Waals surface area contributed by atoms with E-state index in [9.17, 15) is 19.5 Å². The zero-order chi connectivity index (χ0) is 19.6. The van der Waals surface area contributed by atoms with Gasteiger partial charge in [-0.25, -0.2) is 0 Å². The molecule has 0 bridgehead atoms. The summed E-state index contributed by atoms with van der Waals surface area (Å²) < 4.78 is 1.41. The molecule has 2 N–H and O–H groups in total. The second kappa shape index (κ2) is 7.75. The molecule has 7 heteroatoms. The van der Waals surface area contributed by atoms with Crippen LogP contribution in [0, 0.1) is 6.92 Å². The van der Waals surface area contributed by atoms with E-state index in [1.165, 1.54) is 10.6 Å². The molecule has 1 aromatic carbocycles. The number of aromatic nitrogens is 1. The molecule has 2 atom stereocenters. The summed E-state index contributed by atoms with van der Waals surface area (Å²) in [5, 5.41) is 13.1. The number of pyridine rings is 1. The van der Waals surface area contributed by atoms with Crippen molar-refractivity contribution in [2.45, 2.75) is 25.5 Å². The predicted octanol–water partition coefficient (Wildman–Crippen LogP) is 0.699. The summed E-state index contributed by atoms with van der Waals surface area (Å²) >= 11 is 0. The summed E-state index contributed by atoms with van der Waals surface area (Å²) in [6.45, 7) is 2.33. The molecule has 3 rings (SSSR count). The van der Waals surface area contributed by atoms with Gasteiger partial charge in [-0.15, -0.1) is 0 Å². The highest BCUT2D eigenvalue weighted by Crippen LogP contribution is 2.15. The number of likely N-dealkylation sites (tertiary alicyclic amines) is 1. The fraction of sp³-hybridized carbons (Fsp3) is 0.350. The van der Waals surface area contributed by atoms with Crippen molar-refractivity contribution in [1.29, 1.82) is 0 Å². The van der Waals surface area contributed by atoms with E-state index < -0.39 is 18.1 Å². The number of β-amino-alcohol motifs (C(OH)–C–C–N with tert-alkyl or cyclic N) is 1. The standard InChI is InChI=1S/C20H23N3O4/c1-13-8-9-15(20(27)22(13)2)18(25)21-16-10-11-23(12-17(16)24)19(26)14-6-4-3-5-7-14/h3-9,16-17,24H,10-12H2,1-2H3,(H,21,25)/t16-,17-/m1/s1. The SMILES string of the molecule is Cc1ccc(C(=O)N[C@@H]2CCN(C(=O)c3ccccc3)C[C@H]2O)c(=O)n1C. The number of piperidine rings is 1. The third-order valence-electron chi connectivity index (χ3n) is 5.01. The number of aliphatic hydroxyl groups excluding tert-OH is 1. The van der Waals surface area contributed by atoms with Crippen LogP contribution in [0.2, 0.25) is 0 Å². The van der Waals surface area contributed by atoms with Gasteiger partial charge in [-0.1, -0.05) is 18.2 Å². The Kier molecular flexibility index (Phi) is 5.41. The quantitative estimate of drug-likeness (QED) is 0.833. The largest absolute Gasteiger partial charge is 0.389 e. The second-order valence-corrected chi connectivity index (χ2v) is 6.81. The molecule has 142 valence electrons. The maximum absolute atomic E-state index is 12.5. The van der Waals surface area contributed by atoms with Crippen molar-refractivity contribution >= 4 is 11.8 Å². The number of hydrogen-bond acceptors (Lipinski definition) is 4. The van der Waals surface area contributed by atoms with Gasteiger partial charge in [-0.05, 0) is 37.6 Å². The molecule has 2 heterocycles. The molecule has 1 fully saturated rings. The van der Waals surface area contributed by atoms with Gasteiger partial charge < -0.3 is 19.9 Å². The fourth-order valence-corrected chi connectivity index (χ4v) is 3.19. The first-order valence-electron chi connectivity index (χ1n) is 8.88. The van der Waals surface area contributed by atoms with Gasteiger partial charge in [-0.3, -0.25) is 14.4 Å². The molecule has 2 aromatic rings. The zero-order valence-electron chi connectivity index (χ0n) is 15.4. The van der Waals surface area contributed by atoms with E-state index in [1.807, 2.05) is 6.07 Å². The lowest BCUT2D eigenvalue weighted by atomic mass is 10.0. The predicted molar refractivity (Wildman–Crippen MR) is 101 cm³/mol. The second-order valence-electron chi connectivity index (χ2n) is 6.81. The van der Waals surface area contributed by atoms with Crippen LogP contribution in [0.3, 0.4) is 0 Å². The number of rotatable bonds is 3. The van der Waals surface area contributed by atoms with E-state index >= 15 is 0 Å². The van der Waals surface area contributed by atoms with Crippen molar-refractivity contribution in [3.63, 3.8) is 0 Å². The van der Waals surface area contributed by atoms with Gasteiger partial charge in [0, 0.05) is 31.4 Å². The van der Waals surface area contributed by atoms with Crippen LogP contribution in [0.1, 0.15) is 32.8 Å². The summed E-state index contributed by atoms with van der Waals surface area (Å²) in [4.78, 5) is 38.8. The molecule has 2 amide bonds. The molecule has 27 heavy (non-hydrogen) atoms. The molecule has 0 aliphatic carbocycles. The van der Waals surface area contributed by atoms with Crippen molar-refractivity contribution in [3.05, 3.63) is 69.6 Å². The van der Waals surface area contributed by atoms with E-state index in [0.717, 1.165) is 5.69 Å². The van der Waals surface area contributed by atoms with Crippen molar-refractivity contribution in [2.24, 2.45) is 7.05 Å². The minimum atomic E-state index is -0.898. The van der Waals surface area contributed by atoms with E-state index in [1.54, 1.807) is 49.2 Å². The monoisotopic (exact) mass is 369 g/mol. The summed E-state index contributed by atoms with van der Waals surface area (Å²) in [5.74, 6) is -0.658. The van der Waals surface area contributed by atoms with Gasteiger partial charge in [0.25, 0.3) is 17.4 Å². The van der Waals surface area contributed by atoms with Gasteiger partial charge in [0.15, 0.2) is 0 Å². The average Bonchev–Trinajstić information content (AvgIpc) is 2.67. The van der Waals surface area contributed by atoms with E-state index in [0.29, 0.717) is 18.5 Å². The van der Waals surface area contributed by atoms with E-state index in [-0.39, 0.29) is 23.6 Å². The van der Waals surface area contributed by atoms with E-state index in [2.05, 4.69) is 5.32 Å². The smallest absolute Gasteiger partial charge is 0.263 e. The molecule has 7 nitrogen and oxygen atoms in total. The van der Waals surface area contributed by atoms with Crippen LogP contribution in [0.4, 0.5) is 0 Å². The Balaban J connectivity index is 1.65. The number of carbonyl (C=O) groups excluding carboxylic acids is 2. The number of nitrogens with zero attached hydrogens (tertiary/aromatic N) is 2. The lowest BCUT2D eigenvalue weighted by molar-refractivity contribution is 0.0314. The topological polar surface area (TPSA) is 91.6 Å². The lowest BCUT2D eigenvalue weighted by Crippen LogP contribution is -2.55.